The Bertz CT molecular complexity index is 310. The van der Waals surface area contributed by atoms with Gasteiger partial charge in [0.15, 0.2) is 0 Å². The zero-order valence-electron chi connectivity index (χ0n) is 7.25. The van der Waals surface area contributed by atoms with Crippen LogP contribution in [0.4, 0.5) is 0 Å². The predicted octanol–water partition coefficient (Wildman–Crippen LogP) is -0.0822. The summed E-state index contributed by atoms with van der Waals surface area (Å²) < 4.78 is 0. The van der Waals surface area contributed by atoms with Crippen molar-refractivity contribution in [3.63, 3.8) is 0 Å². The predicted molar refractivity (Wildman–Crippen MR) is 49.0 cm³/mol. The highest BCUT2D eigenvalue weighted by molar-refractivity contribution is 5.39. The summed E-state index contributed by atoms with van der Waals surface area (Å²) in [6.45, 7) is 0. The lowest BCUT2D eigenvalue weighted by molar-refractivity contribution is 0.543. The summed E-state index contributed by atoms with van der Waals surface area (Å²) in [7, 11) is 0. The second kappa shape index (κ2) is 3.30. The number of rotatable bonds is 1. The number of hydrogen-bond acceptors (Lipinski definition) is 4. The van der Waals surface area contributed by atoms with Crippen LogP contribution < -0.4 is 16.6 Å². The molecule has 0 radical (unpaired) electrons. The zero-order valence-corrected chi connectivity index (χ0v) is 7.25. The Morgan fingerprint density at radius 1 is 1.62 bits per heavy atom. The summed E-state index contributed by atoms with van der Waals surface area (Å²) in [5, 5.41) is 8.63. The molecule has 0 aromatic rings. The molecule has 0 aromatic carbocycles. The Labute approximate surface area is 77.1 Å². The lowest BCUT2D eigenvalue weighted by atomic mass is 9.91. The van der Waals surface area contributed by atoms with Crippen LogP contribution in [0, 0.1) is 11.3 Å². The molecule has 0 aromatic heterocycles. The third-order valence-corrected chi connectivity index (χ3v) is 2.45. The highest BCUT2D eigenvalue weighted by Gasteiger charge is 2.29. The van der Waals surface area contributed by atoms with Crippen LogP contribution in [0.25, 0.3) is 0 Å². The summed E-state index contributed by atoms with van der Waals surface area (Å²) in [5.41, 5.74) is 14.1. The van der Waals surface area contributed by atoms with E-state index < -0.39 is 0 Å². The topological polar surface area (TPSA) is 73.9 Å². The van der Waals surface area contributed by atoms with Gasteiger partial charge < -0.3 is 5.73 Å². The van der Waals surface area contributed by atoms with Crippen LogP contribution in [0.5, 0.6) is 0 Å². The van der Waals surface area contributed by atoms with Gasteiger partial charge in [-0.2, -0.15) is 5.26 Å². The van der Waals surface area contributed by atoms with E-state index >= 15 is 0 Å². The zero-order chi connectivity index (χ0) is 9.26. The molecule has 13 heavy (non-hydrogen) atoms. The van der Waals surface area contributed by atoms with E-state index in [9.17, 15) is 0 Å². The van der Waals surface area contributed by atoms with E-state index in [0.29, 0.717) is 6.42 Å². The highest BCUT2D eigenvalue weighted by atomic mass is 15.4. The van der Waals surface area contributed by atoms with Crippen molar-refractivity contribution in [3.8, 4) is 6.07 Å². The molecular weight excluding hydrogens is 164 g/mol. The third-order valence-electron chi connectivity index (χ3n) is 2.45. The summed E-state index contributed by atoms with van der Waals surface area (Å²) in [6, 6.07) is 2.43. The summed E-state index contributed by atoms with van der Waals surface area (Å²) in [4.78, 5) is 0. The fourth-order valence-corrected chi connectivity index (χ4v) is 1.86. The molecule has 2 unspecified atom stereocenters. The van der Waals surface area contributed by atoms with Crippen molar-refractivity contribution in [1.29, 1.82) is 5.26 Å². The highest BCUT2D eigenvalue weighted by Crippen LogP contribution is 2.25. The smallest absolute Gasteiger partial charge is 0.0919 e. The molecule has 4 heteroatoms. The van der Waals surface area contributed by atoms with Crippen molar-refractivity contribution in [2.75, 3.05) is 0 Å². The molecule has 0 amide bonds. The first-order valence-electron chi connectivity index (χ1n) is 4.36. The van der Waals surface area contributed by atoms with Crippen LogP contribution in [-0.4, -0.2) is 12.2 Å². The van der Waals surface area contributed by atoms with Gasteiger partial charge in [-0.3, -0.25) is 0 Å². The molecule has 1 aliphatic heterocycles. The minimum absolute atomic E-state index is 0.140. The van der Waals surface area contributed by atoms with Crippen LogP contribution in [0.3, 0.4) is 0 Å². The Morgan fingerprint density at radius 3 is 3.23 bits per heavy atom. The summed E-state index contributed by atoms with van der Waals surface area (Å²) >= 11 is 0. The van der Waals surface area contributed by atoms with Crippen LogP contribution in [0.2, 0.25) is 0 Å². The lowest BCUT2D eigenvalue weighted by Crippen LogP contribution is -2.37. The fourth-order valence-electron chi connectivity index (χ4n) is 1.86. The summed E-state index contributed by atoms with van der Waals surface area (Å²) in [5.74, 6) is 0. The first kappa shape index (κ1) is 8.45. The van der Waals surface area contributed by atoms with Crippen molar-refractivity contribution in [1.82, 2.24) is 10.9 Å². The quantitative estimate of drug-likeness (QED) is 0.522. The largest absolute Gasteiger partial charge is 0.311 e. The Morgan fingerprint density at radius 2 is 2.46 bits per heavy atom. The van der Waals surface area contributed by atoms with Crippen molar-refractivity contribution in [3.05, 3.63) is 23.3 Å². The van der Waals surface area contributed by atoms with Gasteiger partial charge in [-0.25, -0.2) is 10.9 Å². The minimum Gasteiger partial charge on any atom is -0.311 e. The first-order valence-corrected chi connectivity index (χ1v) is 4.36. The number of hydrazine groups is 1. The molecule has 1 aliphatic carbocycles. The number of fused-ring (bicyclic) bond motifs is 1. The Kier molecular flexibility index (Phi) is 2.15. The van der Waals surface area contributed by atoms with Gasteiger partial charge in [0.25, 0.3) is 0 Å². The number of nitriles is 1. The molecule has 0 saturated carbocycles. The molecule has 4 N–H and O–H groups in total. The average Bonchev–Trinajstić information content (AvgIpc) is 2.50. The standard InChI is InChI=1S/C9H12N4/c10-5-4-6-2-1-3-7-8(6)9(11)13-12-7/h1-2,7,9,12-13H,3-4,11H2. The van der Waals surface area contributed by atoms with Gasteiger partial charge in [0, 0.05) is 6.04 Å². The van der Waals surface area contributed by atoms with Gasteiger partial charge in [0.2, 0.25) is 0 Å². The molecule has 2 aliphatic rings. The molecule has 4 nitrogen and oxygen atoms in total. The molecule has 0 bridgehead atoms. The van der Waals surface area contributed by atoms with Gasteiger partial charge in [0.1, 0.15) is 0 Å². The molecule has 68 valence electrons. The number of nitrogens with zero attached hydrogens (tertiary/aromatic N) is 1. The maximum Gasteiger partial charge on any atom is 0.0919 e. The second-order valence-electron chi connectivity index (χ2n) is 3.27. The summed E-state index contributed by atoms with van der Waals surface area (Å²) in [6.07, 6.45) is 5.33. The average molecular weight is 176 g/mol. The lowest BCUT2D eigenvalue weighted by Gasteiger charge is -2.17. The monoisotopic (exact) mass is 176 g/mol. The van der Waals surface area contributed by atoms with Crippen molar-refractivity contribution in [2.24, 2.45) is 5.73 Å². The van der Waals surface area contributed by atoms with Gasteiger partial charge in [0.05, 0.1) is 18.7 Å². The SMILES string of the molecule is N#CCC1=C2C(N)NNC2CC=C1. The normalized spacial score (nSPS) is 31.7. The second-order valence-corrected chi connectivity index (χ2v) is 3.27. The van der Waals surface area contributed by atoms with Gasteiger partial charge >= 0.3 is 0 Å². The molecule has 2 rings (SSSR count). The molecule has 1 heterocycles. The third kappa shape index (κ3) is 1.38. The number of nitrogens with two attached hydrogens (primary N) is 1. The van der Waals surface area contributed by atoms with Crippen LogP contribution in [0.1, 0.15) is 12.8 Å². The van der Waals surface area contributed by atoms with E-state index in [1.165, 1.54) is 0 Å². The Balaban J connectivity index is 2.33. The van der Waals surface area contributed by atoms with Crippen molar-refractivity contribution in [2.45, 2.75) is 25.0 Å². The minimum atomic E-state index is -0.140. The van der Waals surface area contributed by atoms with E-state index in [-0.39, 0.29) is 12.2 Å². The number of nitrogens with one attached hydrogen (secondary N) is 2. The van der Waals surface area contributed by atoms with E-state index in [1.54, 1.807) is 0 Å². The maximum absolute atomic E-state index is 8.63. The maximum atomic E-state index is 8.63. The van der Waals surface area contributed by atoms with E-state index in [4.69, 9.17) is 11.0 Å². The number of hydrogen-bond donors (Lipinski definition) is 3. The van der Waals surface area contributed by atoms with Crippen molar-refractivity contribution < 1.29 is 0 Å². The Hall–Kier alpha value is -1.15. The molecular formula is C9H12N4. The van der Waals surface area contributed by atoms with Gasteiger partial charge in [-0.15, -0.1) is 0 Å². The van der Waals surface area contributed by atoms with Crippen LogP contribution in [0.15, 0.2) is 23.3 Å². The van der Waals surface area contributed by atoms with Crippen LogP contribution >= 0.6 is 0 Å². The number of allylic oxidation sites excluding steroid dienone is 2. The van der Waals surface area contributed by atoms with Gasteiger partial charge in [-0.05, 0) is 17.6 Å². The molecule has 0 spiro atoms. The molecule has 2 atom stereocenters. The molecule has 1 saturated heterocycles. The van der Waals surface area contributed by atoms with E-state index in [1.807, 2.05) is 6.08 Å². The fraction of sp³-hybridized carbons (Fsp3) is 0.444. The first-order chi connectivity index (χ1) is 6.33. The van der Waals surface area contributed by atoms with Crippen molar-refractivity contribution >= 4 is 0 Å². The molecule has 1 fully saturated rings. The van der Waals surface area contributed by atoms with E-state index in [0.717, 1.165) is 17.6 Å². The van der Waals surface area contributed by atoms with E-state index in [2.05, 4.69) is 23.0 Å². The van der Waals surface area contributed by atoms with Crippen LogP contribution in [-0.2, 0) is 0 Å². The van der Waals surface area contributed by atoms with Gasteiger partial charge in [-0.1, -0.05) is 12.2 Å².